The summed E-state index contributed by atoms with van der Waals surface area (Å²) in [6.07, 6.45) is 0.576. The SMILES string of the molecule is CC(C)[C@@H](NCCc1ccccc1F)C(=O)N1CCOCC1. The van der Waals surface area contributed by atoms with Crippen molar-refractivity contribution in [2.24, 2.45) is 5.92 Å². The summed E-state index contributed by atoms with van der Waals surface area (Å²) in [6.45, 7) is 7.14. The van der Waals surface area contributed by atoms with Crippen molar-refractivity contribution in [1.29, 1.82) is 0 Å². The molecule has 2 rings (SSSR count). The Hall–Kier alpha value is -1.46. The minimum absolute atomic E-state index is 0.117. The first kappa shape index (κ1) is 16.9. The normalized spacial score (nSPS) is 16.8. The van der Waals surface area contributed by atoms with Gasteiger partial charge >= 0.3 is 0 Å². The molecule has 1 aliphatic heterocycles. The molecular weight excluding hydrogens is 283 g/mol. The van der Waals surface area contributed by atoms with Crippen molar-refractivity contribution in [3.8, 4) is 0 Å². The predicted molar refractivity (Wildman–Crippen MR) is 84.1 cm³/mol. The number of hydrogen-bond donors (Lipinski definition) is 1. The van der Waals surface area contributed by atoms with E-state index in [4.69, 9.17) is 4.74 Å². The van der Waals surface area contributed by atoms with Crippen LogP contribution >= 0.6 is 0 Å². The fourth-order valence-electron chi connectivity index (χ4n) is 2.65. The lowest BCUT2D eigenvalue weighted by Crippen LogP contribution is -2.52. The molecule has 22 heavy (non-hydrogen) atoms. The van der Waals surface area contributed by atoms with Crippen LogP contribution < -0.4 is 5.32 Å². The maximum absolute atomic E-state index is 13.6. The first-order valence-corrected chi connectivity index (χ1v) is 7.93. The van der Waals surface area contributed by atoms with Crippen LogP contribution in [0.2, 0.25) is 0 Å². The number of ether oxygens (including phenoxy) is 1. The molecule has 1 amide bonds. The Kier molecular flexibility index (Phi) is 6.34. The van der Waals surface area contributed by atoms with Gasteiger partial charge in [-0.25, -0.2) is 4.39 Å². The quantitative estimate of drug-likeness (QED) is 0.872. The van der Waals surface area contributed by atoms with Crippen LogP contribution in [0.3, 0.4) is 0 Å². The number of morpholine rings is 1. The van der Waals surface area contributed by atoms with Crippen molar-refractivity contribution in [3.63, 3.8) is 0 Å². The Morgan fingerprint density at radius 1 is 1.32 bits per heavy atom. The van der Waals surface area contributed by atoms with Crippen LogP contribution in [-0.4, -0.2) is 49.7 Å². The predicted octanol–water partition coefficient (Wildman–Crippen LogP) is 1.84. The van der Waals surface area contributed by atoms with Crippen LogP contribution in [0.4, 0.5) is 4.39 Å². The minimum atomic E-state index is -0.232. The number of amides is 1. The van der Waals surface area contributed by atoms with Crippen LogP contribution in [0.25, 0.3) is 0 Å². The summed E-state index contributed by atoms with van der Waals surface area (Å²) in [7, 11) is 0. The number of hydrogen-bond acceptors (Lipinski definition) is 3. The summed E-state index contributed by atoms with van der Waals surface area (Å²) in [6, 6.07) is 6.53. The number of rotatable bonds is 6. The van der Waals surface area contributed by atoms with E-state index in [0.717, 1.165) is 0 Å². The molecule has 0 saturated carbocycles. The van der Waals surface area contributed by atoms with Gasteiger partial charge in [0.15, 0.2) is 0 Å². The molecule has 1 aromatic carbocycles. The highest BCUT2D eigenvalue weighted by Gasteiger charge is 2.27. The van der Waals surface area contributed by atoms with Gasteiger partial charge in [0, 0.05) is 19.6 Å². The molecule has 0 aliphatic carbocycles. The van der Waals surface area contributed by atoms with E-state index in [0.29, 0.717) is 44.8 Å². The summed E-state index contributed by atoms with van der Waals surface area (Å²) in [5.41, 5.74) is 0.677. The van der Waals surface area contributed by atoms with Crippen molar-refractivity contribution in [2.75, 3.05) is 32.8 Å². The van der Waals surface area contributed by atoms with E-state index in [1.807, 2.05) is 24.8 Å². The van der Waals surface area contributed by atoms with Gasteiger partial charge in [0.05, 0.1) is 19.3 Å². The first-order chi connectivity index (χ1) is 10.6. The smallest absolute Gasteiger partial charge is 0.240 e. The second-order valence-corrected chi connectivity index (χ2v) is 5.95. The van der Waals surface area contributed by atoms with Crippen LogP contribution in [0.5, 0.6) is 0 Å². The molecule has 1 heterocycles. The Balaban J connectivity index is 1.88. The summed E-state index contributed by atoms with van der Waals surface area (Å²) in [5.74, 6) is 0.118. The van der Waals surface area contributed by atoms with Gasteiger partial charge in [-0.1, -0.05) is 32.0 Å². The number of nitrogens with one attached hydrogen (secondary N) is 1. The Morgan fingerprint density at radius 3 is 2.64 bits per heavy atom. The number of carbonyl (C=O) groups is 1. The van der Waals surface area contributed by atoms with Crippen LogP contribution in [0, 0.1) is 11.7 Å². The van der Waals surface area contributed by atoms with Crippen molar-refractivity contribution in [2.45, 2.75) is 26.3 Å². The molecule has 5 heteroatoms. The number of halogens is 1. The average Bonchev–Trinajstić information content (AvgIpc) is 2.53. The van der Waals surface area contributed by atoms with Crippen molar-refractivity contribution >= 4 is 5.91 Å². The van der Waals surface area contributed by atoms with Gasteiger partial charge < -0.3 is 15.0 Å². The number of benzene rings is 1. The molecule has 4 nitrogen and oxygen atoms in total. The highest BCUT2D eigenvalue weighted by Crippen LogP contribution is 2.10. The topological polar surface area (TPSA) is 41.6 Å². The summed E-state index contributed by atoms with van der Waals surface area (Å²) in [5, 5.41) is 3.29. The molecule has 1 aromatic rings. The zero-order chi connectivity index (χ0) is 15.9. The van der Waals surface area contributed by atoms with Gasteiger partial charge in [0.2, 0.25) is 5.91 Å². The molecule has 1 fully saturated rings. The Bertz CT molecular complexity index is 487. The van der Waals surface area contributed by atoms with Crippen LogP contribution in [-0.2, 0) is 16.0 Å². The van der Waals surface area contributed by atoms with E-state index in [-0.39, 0.29) is 23.7 Å². The van der Waals surface area contributed by atoms with Gasteiger partial charge in [-0.15, -0.1) is 0 Å². The highest BCUT2D eigenvalue weighted by molar-refractivity contribution is 5.82. The molecule has 0 bridgehead atoms. The Morgan fingerprint density at radius 2 is 2.00 bits per heavy atom. The van der Waals surface area contributed by atoms with Gasteiger partial charge in [-0.3, -0.25) is 4.79 Å². The van der Waals surface area contributed by atoms with Gasteiger partial charge in [0.1, 0.15) is 5.82 Å². The van der Waals surface area contributed by atoms with Gasteiger partial charge in [-0.05, 0) is 24.0 Å². The third-order valence-corrected chi connectivity index (χ3v) is 3.97. The summed E-state index contributed by atoms with van der Waals surface area (Å²) >= 11 is 0. The van der Waals surface area contributed by atoms with Crippen molar-refractivity contribution < 1.29 is 13.9 Å². The van der Waals surface area contributed by atoms with E-state index in [2.05, 4.69) is 5.32 Å². The Labute approximate surface area is 131 Å². The number of carbonyl (C=O) groups excluding carboxylic acids is 1. The molecule has 0 aromatic heterocycles. The lowest BCUT2D eigenvalue weighted by molar-refractivity contribution is -0.138. The molecule has 1 atom stereocenters. The second-order valence-electron chi connectivity index (χ2n) is 5.95. The molecular formula is C17H25FN2O2. The monoisotopic (exact) mass is 308 g/mol. The minimum Gasteiger partial charge on any atom is -0.378 e. The van der Waals surface area contributed by atoms with E-state index < -0.39 is 0 Å². The zero-order valence-electron chi connectivity index (χ0n) is 13.3. The first-order valence-electron chi connectivity index (χ1n) is 7.93. The zero-order valence-corrected chi connectivity index (χ0v) is 13.3. The third-order valence-electron chi connectivity index (χ3n) is 3.97. The largest absolute Gasteiger partial charge is 0.378 e. The fraction of sp³-hybridized carbons (Fsp3) is 0.588. The van der Waals surface area contributed by atoms with Crippen LogP contribution in [0.1, 0.15) is 19.4 Å². The lowest BCUT2D eigenvalue weighted by atomic mass is 10.0. The lowest BCUT2D eigenvalue weighted by Gasteiger charge is -2.32. The fourth-order valence-corrected chi connectivity index (χ4v) is 2.65. The van der Waals surface area contributed by atoms with E-state index in [1.165, 1.54) is 6.07 Å². The van der Waals surface area contributed by atoms with Crippen LogP contribution in [0.15, 0.2) is 24.3 Å². The van der Waals surface area contributed by atoms with Gasteiger partial charge in [-0.2, -0.15) is 0 Å². The standard InChI is InChI=1S/C17H25FN2O2/c1-13(2)16(17(21)20-9-11-22-12-10-20)19-8-7-14-5-3-4-6-15(14)18/h3-6,13,16,19H,7-12H2,1-2H3/t16-/m1/s1. The molecule has 1 saturated heterocycles. The summed E-state index contributed by atoms with van der Waals surface area (Å²) < 4.78 is 18.9. The molecule has 1 N–H and O–H groups in total. The molecule has 0 radical (unpaired) electrons. The molecule has 122 valence electrons. The van der Waals surface area contributed by atoms with Crippen molar-refractivity contribution in [3.05, 3.63) is 35.6 Å². The maximum Gasteiger partial charge on any atom is 0.240 e. The molecule has 0 unspecified atom stereocenters. The van der Waals surface area contributed by atoms with Gasteiger partial charge in [0.25, 0.3) is 0 Å². The number of nitrogens with zero attached hydrogens (tertiary/aromatic N) is 1. The highest BCUT2D eigenvalue weighted by atomic mass is 19.1. The second kappa shape index (κ2) is 8.25. The van der Waals surface area contributed by atoms with Crippen molar-refractivity contribution in [1.82, 2.24) is 10.2 Å². The molecule has 0 spiro atoms. The third kappa shape index (κ3) is 4.52. The van der Waals surface area contributed by atoms with E-state index >= 15 is 0 Å². The van der Waals surface area contributed by atoms with E-state index in [9.17, 15) is 9.18 Å². The molecule has 1 aliphatic rings. The average molecular weight is 308 g/mol. The van der Waals surface area contributed by atoms with E-state index in [1.54, 1.807) is 12.1 Å². The maximum atomic E-state index is 13.6. The summed E-state index contributed by atoms with van der Waals surface area (Å²) in [4.78, 5) is 14.4.